The molecule has 1 N–H and O–H groups in total. The van der Waals surface area contributed by atoms with Crippen molar-refractivity contribution < 1.29 is 9.53 Å². The van der Waals surface area contributed by atoms with Crippen molar-refractivity contribution in [2.75, 3.05) is 16.8 Å². The summed E-state index contributed by atoms with van der Waals surface area (Å²) in [6, 6.07) is 16.8. The zero-order valence-electron chi connectivity index (χ0n) is 17.5. The summed E-state index contributed by atoms with van der Waals surface area (Å²) >= 11 is 0. The van der Waals surface area contributed by atoms with Gasteiger partial charge in [-0.1, -0.05) is 6.07 Å². The second kappa shape index (κ2) is 8.47. The minimum Gasteiger partial charge on any atom is -0.457 e. The summed E-state index contributed by atoms with van der Waals surface area (Å²) in [5.74, 6) is 1.92. The highest BCUT2D eigenvalue weighted by atomic mass is 16.5. The first-order chi connectivity index (χ1) is 15.7. The Bertz CT molecular complexity index is 1280. The highest BCUT2D eigenvalue weighted by Crippen LogP contribution is 2.34. The van der Waals surface area contributed by atoms with Gasteiger partial charge in [0.15, 0.2) is 0 Å². The maximum Gasteiger partial charge on any atom is 0.258 e. The molecule has 32 heavy (non-hydrogen) atoms. The number of benzene rings is 1. The van der Waals surface area contributed by atoms with Crippen molar-refractivity contribution in [3.05, 3.63) is 96.2 Å². The molecule has 0 atom stereocenters. The molecule has 0 fully saturated rings. The number of anilines is 3. The van der Waals surface area contributed by atoms with Crippen LogP contribution in [0, 0.1) is 6.92 Å². The first-order valence-corrected chi connectivity index (χ1v) is 10.3. The molecular formula is C25H21N5O2. The number of aromatic nitrogens is 3. The topological polar surface area (TPSA) is 80.2 Å². The molecule has 0 bridgehead atoms. The van der Waals surface area contributed by atoms with Crippen LogP contribution >= 0.6 is 0 Å². The van der Waals surface area contributed by atoms with E-state index in [4.69, 9.17) is 4.74 Å². The van der Waals surface area contributed by atoms with Gasteiger partial charge in [-0.25, -0.2) is 4.98 Å². The summed E-state index contributed by atoms with van der Waals surface area (Å²) < 4.78 is 5.93. The van der Waals surface area contributed by atoms with E-state index >= 15 is 0 Å². The maximum absolute atomic E-state index is 13.3. The highest BCUT2D eigenvalue weighted by Gasteiger charge is 2.26. The number of nitrogens with zero attached hydrogens (tertiary/aromatic N) is 4. The zero-order chi connectivity index (χ0) is 21.9. The van der Waals surface area contributed by atoms with Crippen LogP contribution in [0.3, 0.4) is 0 Å². The number of nitrogens with one attached hydrogen (secondary N) is 1. The second-order valence-corrected chi connectivity index (χ2v) is 7.52. The molecular weight excluding hydrogens is 402 g/mol. The summed E-state index contributed by atoms with van der Waals surface area (Å²) in [6.07, 6.45) is 7.55. The predicted octanol–water partition coefficient (Wildman–Crippen LogP) is 4.92. The monoisotopic (exact) mass is 423 g/mol. The Labute approximate surface area is 185 Å². The molecule has 0 radical (unpaired) electrons. The van der Waals surface area contributed by atoms with Crippen LogP contribution in [0.1, 0.15) is 21.6 Å². The molecule has 7 heteroatoms. The third-order valence-corrected chi connectivity index (χ3v) is 5.26. The van der Waals surface area contributed by atoms with Crippen LogP contribution in [0.5, 0.6) is 11.5 Å². The lowest BCUT2D eigenvalue weighted by molar-refractivity contribution is 0.0989. The van der Waals surface area contributed by atoms with Gasteiger partial charge >= 0.3 is 0 Å². The van der Waals surface area contributed by atoms with Gasteiger partial charge in [0, 0.05) is 54.3 Å². The van der Waals surface area contributed by atoms with Gasteiger partial charge in [0.1, 0.15) is 17.3 Å². The molecule has 1 aliphatic heterocycles. The summed E-state index contributed by atoms with van der Waals surface area (Å²) in [5, 5.41) is 3.24. The molecule has 4 heterocycles. The summed E-state index contributed by atoms with van der Waals surface area (Å²) in [7, 11) is 0. The van der Waals surface area contributed by atoms with Crippen molar-refractivity contribution in [2.24, 2.45) is 0 Å². The number of carbonyl (C=O) groups excluding carboxylic acids is 1. The van der Waals surface area contributed by atoms with E-state index in [0.717, 1.165) is 29.1 Å². The van der Waals surface area contributed by atoms with Crippen LogP contribution in [0.15, 0.2) is 79.4 Å². The first kappa shape index (κ1) is 19.7. The van der Waals surface area contributed by atoms with Crippen LogP contribution < -0.4 is 15.0 Å². The Balaban J connectivity index is 1.37. The van der Waals surface area contributed by atoms with Crippen LogP contribution in [-0.2, 0) is 6.42 Å². The lowest BCUT2D eigenvalue weighted by Crippen LogP contribution is -2.29. The number of hydrogen-bond acceptors (Lipinski definition) is 6. The van der Waals surface area contributed by atoms with Crippen LogP contribution in [0.25, 0.3) is 0 Å². The van der Waals surface area contributed by atoms with E-state index in [1.54, 1.807) is 54.0 Å². The van der Waals surface area contributed by atoms with Gasteiger partial charge < -0.3 is 15.0 Å². The summed E-state index contributed by atoms with van der Waals surface area (Å²) in [6.45, 7) is 2.55. The largest absolute Gasteiger partial charge is 0.457 e. The van der Waals surface area contributed by atoms with Gasteiger partial charge in [0.05, 0.1) is 5.69 Å². The van der Waals surface area contributed by atoms with Gasteiger partial charge in [0.2, 0.25) is 0 Å². The zero-order valence-corrected chi connectivity index (χ0v) is 17.5. The molecule has 0 saturated carbocycles. The minimum atomic E-state index is -0.0684. The Morgan fingerprint density at radius 1 is 0.938 bits per heavy atom. The average Bonchev–Trinajstić information content (AvgIpc) is 3.23. The number of carbonyl (C=O) groups is 1. The van der Waals surface area contributed by atoms with Crippen molar-refractivity contribution in [3.8, 4) is 11.5 Å². The predicted molar refractivity (Wildman–Crippen MR) is 123 cm³/mol. The van der Waals surface area contributed by atoms with Crippen molar-refractivity contribution in [2.45, 2.75) is 13.3 Å². The minimum absolute atomic E-state index is 0.0684. The van der Waals surface area contributed by atoms with E-state index in [2.05, 4.69) is 20.3 Å². The number of ether oxygens (including phenoxy) is 1. The van der Waals surface area contributed by atoms with Gasteiger partial charge in [-0.2, -0.15) is 0 Å². The van der Waals surface area contributed by atoms with E-state index in [1.165, 1.54) is 0 Å². The van der Waals surface area contributed by atoms with Gasteiger partial charge in [-0.3, -0.25) is 14.8 Å². The molecule has 1 aliphatic rings. The number of pyridine rings is 3. The lowest BCUT2D eigenvalue weighted by atomic mass is 10.1. The number of fused-ring (bicyclic) bond motifs is 1. The number of amides is 1. The van der Waals surface area contributed by atoms with E-state index < -0.39 is 0 Å². The van der Waals surface area contributed by atoms with Crippen molar-refractivity contribution in [3.63, 3.8) is 0 Å². The van der Waals surface area contributed by atoms with Gasteiger partial charge in [-0.15, -0.1) is 0 Å². The summed E-state index contributed by atoms with van der Waals surface area (Å²) in [4.78, 5) is 27.7. The fourth-order valence-corrected chi connectivity index (χ4v) is 3.73. The Morgan fingerprint density at radius 3 is 2.62 bits per heavy atom. The second-order valence-electron chi connectivity index (χ2n) is 7.52. The fourth-order valence-electron chi connectivity index (χ4n) is 3.73. The molecule has 0 spiro atoms. The third-order valence-electron chi connectivity index (χ3n) is 5.26. The molecule has 158 valence electrons. The smallest absolute Gasteiger partial charge is 0.258 e. The third kappa shape index (κ3) is 4.13. The quantitative estimate of drug-likeness (QED) is 0.491. The summed E-state index contributed by atoms with van der Waals surface area (Å²) in [5.41, 5.74) is 4.35. The highest BCUT2D eigenvalue weighted by molar-refractivity contribution is 6.07. The lowest BCUT2D eigenvalue weighted by Gasteiger charge is -2.18. The molecule has 4 aromatic rings. The fraction of sp³-hybridized carbons (Fsp3) is 0.120. The Morgan fingerprint density at radius 2 is 1.78 bits per heavy atom. The maximum atomic E-state index is 13.3. The molecule has 0 aliphatic carbocycles. The van der Waals surface area contributed by atoms with Crippen molar-refractivity contribution in [1.29, 1.82) is 0 Å². The SMILES string of the molecule is Cc1cc(Nc2cc(C(=O)N3CCc4ccc(Oc5ccncc5)cc43)ccn2)ccn1. The Kier molecular flexibility index (Phi) is 5.21. The number of hydrogen-bond donors (Lipinski definition) is 1. The van der Waals surface area contributed by atoms with Gasteiger partial charge in [0.25, 0.3) is 5.91 Å². The van der Waals surface area contributed by atoms with E-state index in [-0.39, 0.29) is 5.91 Å². The van der Waals surface area contributed by atoms with Crippen LogP contribution in [-0.4, -0.2) is 27.4 Å². The van der Waals surface area contributed by atoms with Crippen molar-refractivity contribution in [1.82, 2.24) is 15.0 Å². The molecule has 0 saturated heterocycles. The Hall–Kier alpha value is -4.26. The molecule has 3 aromatic heterocycles. The first-order valence-electron chi connectivity index (χ1n) is 10.3. The normalized spacial score (nSPS) is 12.3. The molecule has 0 unspecified atom stereocenters. The standard InChI is InChI=1S/C25H21N5O2/c1-17-14-20(5-12-27-17)29-24-15-19(4-11-28-24)25(31)30-13-8-18-2-3-22(16-23(18)30)32-21-6-9-26-10-7-21/h2-7,9-12,14-16H,8,13H2,1H3,(H,27,28,29). The van der Waals surface area contributed by atoms with E-state index in [1.807, 2.05) is 37.3 Å². The number of aryl methyl sites for hydroxylation is 1. The van der Waals surface area contributed by atoms with Crippen molar-refractivity contribution >= 4 is 23.1 Å². The molecule has 1 amide bonds. The van der Waals surface area contributed by atoms with Gasteiger partial charge in [-0.05, 0) is 61.4 Å². The van der Waals surface area contributed by atoms with Crippen LogP contribution in [0.4, 0.5) is 17.2 Å². The molecule has 7 nitrogen and oxygen atoms in total. The molecule has 1 aromatic carbocycles. The average molecular weight is 423 g/mol. The van der Waals surface area contributed by atoms with E-state index in [0.29, 0.717) is 29.4 Å². The van der Waals surface area contributed by atoms with E-state index in [9.17, 15) is 4.79 Å². The van der Waals surface area contributed by atoms with Crippen LogP contribution in [0.2, 0.25) is 0 Å². The number of rotatable bonds is 5. The molecule has 5 rings (SSSR count).